The Balaban J connectivity index is 2.48. The second-order valence-corrected chi connectivity index (χ2v) is 7.11. The van der Waals surface area contributed by atoms with E-state index in [1.54, 1.807) is 7.05 Å². The molecule has 1 heterocycles. The first kappa shape index (κ1) is 18.6. The third-order valence-corrected chi connectivity index (χ3v) is 5.34. The lowest BCUT2D eigenvalue weighted by Gasteiger charge is -2.36. The molecule has 0 unspecified atom stereocenters. The minimum atomic E-state index is -4.25. The highest BCUT2D eigenvalue weighted by atomic mass is 32.2. The summed E-state index contributed by atoms with van der Waals surface area (Å²) in [5, 5.41) is 2.93. The van der Waals surface area contributed by atoms with Crippen LogP contribution in [0.25, 0.3) is 0 Å². The molecule has 0 aliphatic carbocycles. The molecule has 0 amide bonds. The van der Waals surface area contributed by atoms with Gasteiger partial charge in [-0.05, 0) is 20.0 Å². The summed E-state index contributed by atoms with van der Waals surface area (Å²) in [6.07, 6.45) is -3.56. The highest BCUT2D eigenvalue weighted by Gasteiger charge is 2.35. The van der Waals surface area contributed by atoms with Gasteiger partial charge in [0.05, 0.1) is 6.54 Å². The molecule has 0 radical (unpaired) electrons. The molecule has 1 rings (SSSR count). The summed E-state index contributed by atoms with van der Waals surface area (Å²) in [4.78, 5) is 1.23. The Kier molecular flexibility index (Phi) is 6.85. The van der Waals surface area contributed by atoms with E-state index < -0.39 is 22.9 Å². The molecule has 0 atom stereocenters. The first-order valence-corrected chi connectivity index (χ1v) is 8.21. The van der Waals surface area contributed by atoms with Gasteiger partial charge in [0, 0.05) is 39.8 Å². The molecule has 10 heteroatoms. The monoisotopic (exact) mass is 332 g/mol. The van der Waals surface area contributed by atoms with Crippen molar-refractivity contribution < 1.29 is 21.6 Å². The zero-order valence-electron chi connectivity index (χ0n) is 12.4. The van der Waals surface area contributed by atoms with Crippen LogP contribution in [0.3, 0.4) is 0 Å². The Hall–Kier alpha value is -0.420. The molecule has 1 fully saturated rings. The Morgan fingerprint density at radius 1 is 1.19 bits per heavy atom. The molecule has 126 valence electrons. The average molecular weight is 332 g/mol. The van der Waals surface area contributed by atoms with E-state index in [4.69, 9.17) is 0 Å². The summed E-state index contributed by atoms with van der Waals surface area (Å²) >= 11 is 0. The van der Waals surface area contributed by atoms with Gasteiger partial charge in [-0.1, -0.05) is 0 Å². The van der Waals surface area contributed by atoms with E-state index in [0.29, 0.717) is 19.5 Å². The van der Waals surface area contributed by atoms with Crippen LogP contribution < -0.4 is 5.32 Å². The minimum absolute atomic E-state index is 0.0920. The number of piperazine rings is 1. The van der Waals surface area contributed by atoms with E-state index in [1.807, 2.05) is 0 Å². The Bertz CT molecular complexity index is 408. The van der Waals surface area contributed by atoms with Crippen LogP contribution in [0.2, 0.25) is 0 Å². The van der Waals surface area contributed by atoms with E-state index in [2.05, 4.69) is 5.32 Å². The SMILES string of the molecule is CNCCCN(C)S(=O)(=O)N1CCN(CC(F)(F)F)CC1. The summed E-state index contributed by atoms with van der Waals surface area (Å²) in [6.45, 7) is 0.486. The Labute approximate surface area is 124 Å². The molecule has 1 aliphatic heterocycles. The molecule has 1 N–H and O–H groups in total. The van der Waals surface area contributed by atoms with Crippen LogP contribution in [0.1, 0.15) is 6.42 Å². The number of nitrogens with zero attached hydrogens (tertiary/aromatic N) is 3. The zero-order valence-corrected chi connectivity index (χ0v) is 13.2. The van der Waals surface area contributed by atoms with Crippen molar-refractivity contribution >= 4 is 10.2 Å². The van der Waals surface area contributed by atoms with Crippen molar-refractivity contribution in [2.75, 3.05) is 59.9 Å². The molecule has 1 aliphatic rings. The van der Waals surface area contributed by atoms with Gasteiger partial charge < -0.3 is 5.32 Å². The number of alkyl halides is 3. The van der Waals surface area contributed by atoms with Gasteiger partial charge in [0.15, 0.2) is 0 Å². The number of hydrogen-bond acceptors (Lipinski definition) is 4. The fourth-order valence-electron chi connectivity index (χ4n) is 2.16. The molecule has 0 bridgehead atoms. The summed E-state index contributed by atoms with van der Waals surface area (Å²) < 4.78 is 63.9. The molecule has 6 nitrogen and oxygen atoms in total. The van der Waals surface area contributed by atoms with Crippen molar-refractivity contribution in [3.05, 3.63) is 0 Å². The third kappa shape index (κ3) is 6.07. The molecule has 1 saturated heterocycles. The van der Waals surface area contributed by atoms with Crippen molar-refractivity contribution in [1.29, 1.82) is 0 Å². The average Bonchev–Trinajstić information content (AvgIpc) is 2.37. The zero-order chi connectivity index (χ0) is 16.1. The van der Waals surface area contributed by atoms with Crippen molar-refractivity contribution in [2.45, 2.75) is 12.6 Å². The van der Waals surface area contributed by atoms with Crippen molar-refractivity contribution in [2.24, 2.45) is 0 Å². The van der Waals surface area contributed by atoms with Crippen LogP contribution in [0.4, 0.5) is 13.2 Å². The molecular weight excluding hydrogens is 309 g/mol. The predicted molar refractivity (Wildman–Crippen MR) is 74.2 cm³/mol. The first-order valence-electron chi connectivity index (χ1n) is 6.82. The number of rotatable bonds is 7. The lowest BCUT2D eigenvalue weighted by molar-refractivity contribution is -0.148. The second kappa shape index (κ2) is 7.73. The highest BCUT2D eigenvalue weighted by molar-refractivity contribution is 7.86. The first-order chi connectivity index (χ1) is 9.66. The van der Waals surface area contributed by atoms with Gasteiger partial charge in [-0.15, -0.1) is 0 Å². The quantitative estimate of drug-likeness (QED) is 0.665. The van der Waals surface area contributed by atoms with Gasteiger partial charge in [0.25, 0.3) is 10.2 Å². The molecule has 0 spiro atoms. The van der Waals surface area contributed by atoms with Crippen molar-refractivity contribution in [1.82, 2.24) is 18.8 Å². The third-order valence-electron chi connectivity index (χ3n) is 3.35. The maximum absolute atomic E-state index is 12.3. The fraction of sp³-hybridized carbons (Fsp3) is 1.00. The van der Waals surface area contributed by atoms with E-state index in [9.17, 15) is 21.6 Å². The summed E-state index contributed by atoms with van der Waals surface area (Å²) in [5.41, 5.74) is 0. The number of hydrogen-bond donors (Lipinski definition) is 1. The van der Waals surface area contributed by atoms with Crippen molar-refractivity contribution in [3.63, 3.8) is 0 Å². The lowest BCUT2D eigenvalue weighted by Crippen LogP contribution is -2.53. The molecule has 0 aromatic carbocycles. The van der Waals surface area contributed by atoms with Gasteiger partial charge >= 0.3 is 6.18 Å². The molecule has 0 aromatic rings. The van der Waals surface area contributed by atoms with Crippen LogP contribution in [-0.2, 0) is 10.2 Å². The maximum Gasteiger partial charge on any atom is 0.401 e. The van der Waals surface area contributed by atoms with E-state index in [0.717, 1.165) is 0 Å². The van der Waals surface area contributed by atoms with Gasteiger partial charge in [-0.3, -0.25) is 4.90 Å². The van der Waals surface area contributed by atoms with Crippen LogP contribution in [-0.4, -0.2) is 88.0 Å². The van der Waals surface area contributed by atoms with Gasteiger partial charge in [-0.25, -0.2) is 0 Å². The molecule has 0 saturated carbocycles. The van der Waals surface area contributed by atoms with Gasteiger partial charge in [-0.2, -0.15) is 30.2 Å². The molecular formula is C11H23F3N4O2S. The van der Waals surface area contributed by atoms with E-state index >= 15 is 0 Å². The predicted octanol–water partition coefficient (Wildman–Crippen LogP) is -0.0476. The van der Waals surface area contributed by atoms with Crippen LogP contribution in [0.5, 0.6) is 0 Å². The highest BCUT2D eigenvalue weighted by Crippen LogP contribution is 2.18. The smallest absolute Gasteiger partial charge is 0.320 e. The van der Waals surface area contributed by atoms with Gasteiger partial charge in [0.2, 0.25) is 0 Å². The van der Waals surface area contributed by atoms with E-state index in [-0.39, 0.29) is 26.2 Å². The lowest BCUT2D eigenvalue weighted by atomic mass is 10.3. The minimum Gasteiger partial charge on any atom is -0.320 e. The topological polar surface area (TPSA) is 55.9 Å². The normalized spacial score (nSPS) is 19.3. The van der Waals surface area contributed by atoms with Crippen LogP contribution in [0, 0.1) is 0 Å². The van der Waals surface area contributed by atoms with E-state index in [1.165, 1.54) is 20.6 Å². The standard InChI is InChI=1S/C11H23F3N4O2S/c1-15-4-3-5-16(2)21(19,20)18-8-6-17(7-9-18)10-11(12,13)14/h15H,3-10H2,1-2H3. The second-order valence-electron chi connectivity index (χ2n) is 5.08. The summed E-state index contributed by atoms with van der Waals surface area (Å²) in [6, 6.07) is 0. The maximum atomic E-state index is 12.3. The van der Waals surface area contributed by atoms with Gasteiger partial charge in [0.1, 0.15) is 0 Å². The Morgan fingerprint density at radius 2 is 1.76 bits per heavy atom. The largest absolute Gasteiger partial charge is 0.401 e. The molecule has 21 heavy (non-hydrogen) atoms. The summed E-state index contributed by atoms with van der Waals surface area (Å²) in [5.74, 6) is 0. The number of halogens is 3. The fourth-order valence-corrected chi connectivity index (χ4v) is 3.54. The Morgan fingerprint density at radius 3 is 2.24 bits per heavy atom. The summed E-state index contributed by atoms with van der Waals surface area (Å²) in [7, 11) is -0.299. The number of nitrogens with one attached hydrogen (secondary N) is 1. The van der Waals surface area contributed by atoms with Crippen LogP contribution >= 0.6 is 0 Å². The van der Waals surface area contributed by atoms with Crippen molar-refractivity contribution in [3.8, 4) is 0 Å². The van der Waals surface area contributed by atoms with Crippen LogP contribution in [0.15, 0.2) is 0 Å². The molecule has 0 aromatic heterocycles.